The average Bonchev–Trinajstić information content (AvgIpc) is 3.00. The van der Waals surface area contributed by atoms with E-state index in [2.05, 4.69) is 28.3 Å². The summed E-state index contributed by atoms with van der Waals surface area (Å²) in [5.74, 6) is 0.207. The predicted molar refractivity (Wildman–Crippen MR) is 102 cm³/mol. The lowest BCUT2D eigenvalue weighted by molar-refractivity contribution is -0.113. The smallest absolute Gasteiger partial charge is 0.234 e. The maximum absolute atomic E-state index is 12.2. The number of thiophene rings is 1. The summed E-state index contributed by atoms with van der Waals surface area (Å²) < 4.78 is 0. The maximum atomic E-state index is 12.2. The molecule has 0 atom stereocenters. The topological polar surface area (TPSA) is 54.9 Å². The van der Waals surface area contributed by atoms with Crippen LogP contribution in [-0.2, 0) is 11.2 Å². The first kappa shape index (κ1) is 17.2. The van der Waals surface area contributed by atoms with Crippen LogP contribution in [0.5, 0.6) is 0 Å². The molecule has 0 aliphatic carbocycles. The first-order valence-corrected chi connectivity index (χ1v) is 9.67. The van der Waals surface area contributed by atoms with Crippen LogP contribution in [-0.4, -0.2) is 21.6 Å². The van der Waals surface area contributed by atoms with Crippen LogP contribution in [0.4, 0.5) is 5.69 Å². The fourth-order valence-electron chi connectivity index (χ4n) is 2.22. The van der Waals surface area contributed by atoms with Crippen LogP contribution < -0.4 is 5.32 Å². The molecule has 3 aromatic rings. The van der Waals surface area contributed by atoms with Gasteiger partial charge in [0.15, 0.2) is 0 Å². The Labute approximate surface area is 153 Å². The van der Waals surface area contributed by atoms with Gasteiger partial charge in [0.25, 0.3) is 0 Å². The van der Waals surface area contributed by atoms with E-state index in [9.17, 15) is 4.79 Å². The van der Waals surface area contributed by atoms with Gasteiger partial charge in [0.05, 0.1) is 5.75 Å². The summed E-state index contributed by atoms with van der Waals surface area (Å²) in [7, 11) is 0. The number of aromatic nitrogens is 2. The second-order valence-electron chi connectivity index (χ2n) is 5.26. The number of hydrogen-bond donors (Lipinski definition) is 1. The second kappa shape index (κ2) is 7.51. The minimum atomic E-state index is -0.0805. The molecule has 24 heavy (non-hydrogen) atoms. The lowest BCUT2D eigenvalue weighted by Gasteiger charge is -2.08. The molecule has 0 aliphatic rings. The number of amides is 1. The third kappa shape index (κ3) is 3.88. The highest BCUT2D eigenvalue weighted by atomic mass is 35.5. The quantitative estimate of drug-likeness (QED) is 0.505. The summed E-state index contributed by atoms with van der Waals surface area (Å²) in [5, 5.41) is 5.37. The monoisotopic (exact) mass is 377 g/mol. The number of fused-ring (bicyclic) bond motifs is 1. The van der Waals surface area contributed by atoms with Crippen LogP contribution >= 0.6 is 34.7 Å². The third-order valence-corrected chi connectivity index (χ3v) is 5.93. The molecule has 0 fully saturated rings. The molecule has 0 aliphatic heterocycles. The van der Waals surface area contributed by atoms with Gasteiger partial charge in [-0.25, -0.2) is 9.97 Å². The first-order valence-electron chi connectivity index (χ1n) is 7.49. The number of hydrogen-bond acceptors (Lipinski definition) is 5. The van der Waals surface area contributed by atoms with Crippen LogP contribution in [0.15, 0.2) is 35.6 Å². The molecule has 7 heteroatoms. The van der Waals surface area contributed by atoms with Crippen LogP contribution in [0.25, 0.3) is 10.2 Å². The van der Waals surface area contributed by atoms with Crippen LogP contribution in [0.3, 0.4) is 0 Å². The van der Waals surface area contributed by atoms with Gasteiger partial charge >= 0.3 is 0 Å². The highest BCUT2D eigenvalue weighted by Gasteiger charge is 2.11. The Kier molecular flexibility index (Phi) is 5.38. The molecule has 0 saturated carbocycles. The molecular weight excluding hydrogens is 362 g/mol. The van der Waals surface area contributed by atoms with Crippen LogP contribution in [0.1, 0.15) is 17.4 Å². The van der Waals surface area contributed by atoms with Gasteiger partial charge in [-0.3, -0.25) is 4.79 Å². The number of thioether (sulfide) groups is 1. The number of rotatable bonds is 5. The van der Waals surface area contributed by atoms with E-state index in [1.54, 1.807) is 29.8 Å². The summed E-state index contributed by atoms with van der Waals surface area (Å²) in [6.07, 6.45) is 2.53. The van der Waals surface area contributed by atoms with Crippen molar-refractivity contribution in [2.75, 3.05) is 11.1 Å². The Morgan fingerprint density at radius 1 is 1.33 bits per heavy atom. The van der Waals surface area contributed by atoms with Crippen LogP contribution in [0.2, 0.25) is 5.02 Å². The van der Waals surface area contributed by atoms with E-state index >= 15 is 0 Å². The van der Waals surface area contributed by atoms with E-state index in [1.165, 1.54) is 16.6 Å². The standard InChI is InChI=1S/C17H16ClN3OS2/c1-3-12-7-13-16(19-9-20-17(13)24-12)23-8-15(22)21-14-6-11(18)5-4-10(14)2/h4-7,9H,3,8H2,1-2H3,(H,21,22). The number of nitrogens with zero attached hydrogens (tertiary/aromatic N) is 2. The molecular formula is C17H16ClN3OS2. The van der Waals surface area contributed by atoms with Gasteiger partial charge < -0.3 is 5.32 Å². The van der Waals surface area contributed by atoms with E-state index in [1.807, 2.05) is 13.0 Å². The van der Waals surface area contributed by atoms with Gasteiger partial charge in [-0.2, -0.15) is 0 Å². The molecule has 0 saturated heterocycles. The molecule has 124 valence electrons. The molecule has 0 spiro atoms. The first-order chi connectivity index (χ1) is 11.6. The number of carbonyl (C=O) groups excluding carboxylic acids is 1. The van der Waals surface area contributed by atoms with Crippen molar-refractivity contribution in [1.82, 2.24) is 9.97 Å². The zero-order valence-corrected chi connectivity index (χ0v) is 15.7. The summed E-state index contributed by atoms with van der Waals surface area (Å²) >= 11 is 9.08. The Bertz CT molecular complexity index is 895. The van der Waals surface area contributed by atoms with Crippen LogP contribution in [0, 0.1) is 6.92 Å². The van der Waals surface area contributed by atoms with E-state index in [0.29, 0.717) is 5.02 Å². The Morgan fingerprint density at radius 2 is 2.17 bits per heavy atom. The van der Waals surface area contributed by atoms with E-state index in [0.717, 1.165) is 32.9 Å². The maximum Gasteiger partial charge on any atom is 0.234 e. The minimum absolute atomic E-state index is 0.0805. The minimum Gasteiger partial charge on any atom is -0.325 e. The zero-order chi connectivity index (χ0) is 17.1. The van der Waals surface area contributed by atoms with Crippen molar-refractivity contribution in [2.24, 2.45) is 0 Å². The van der Waals surface area contributed by atoms with Crippen molar-refractivity contribution in [3.8, 4) is 0 Å². The second-order valence-corrected chi connectivity index (χ2v) is 7.78. The van der Waals surface area contributed by atoms with Crippen molar-refractivity contribution < 1.29 is 4.79 Å². The van der Waals surface area contributed by atoms with Crippen molar-refractivity contribution in [1.29, 1.82) is 0 Å². The highest BCUT2D eigenvalue weighted by Crippen LogP contribution is 2.31. The van der Waals surface area contributed by atoms with Gasteiger partial charge in [-0.05, 0) is 37.1 Å². The highest BCUT2D eigenvalue weighted by molar-refractivity contribution is 8.00. The number of benzene rings is 1. The molecule has 0 unspecified atom stereocenters. The fraction of sp³-hybridized carbons (Fsp3) is 0.235. The van der Waals surface area contributed by atoms with Gasteiger partial charge in [-0.15, -0.1) is 11.3 Å². The molecule has 0 bridgehead atoms. The SMILES string of the molecule is CCc1cc2c(SCC(=O)Nc3cc(Cl)ccc3C)ncnc2s1. The molecule has 2 aromatic heterocycles. The number of anilines is 1. The predicted octanol–water partition coefficient (Wildman–Crippen LogP) is 4.95. The van der Waals surface area contributed by atoms with E-state index in [4.69, 9.17) is 11.6 Å². The van der Waals surface area contributed by atoms with Crippen molar-refractivity contribution in [3.05, 3.63) is 46.1 Å². The molecule has 1 aromatic carbocycles. The van der Waals surface area contributed by atoms with Crippen molar-refractivity contribution >= 4 is 56.5 Å². The normalized spacial score (nSPS) is 11.0. The molecule has 2 heterocycles. The molecule has 1 N–H and O–H groups in total. The lowest BCUT2D eigenvalue weighted by Crippen LogP contribution is -2.15. The number of nitrogens with one attached hydrogen (secondary N) is 1. The van der Waals surface area contributed by atoms with Gasteiger partial charge in [0.2, 0.25) is 5.91 Å². The van der Waals surface area contributed by atoms with Crippen molar-refractivity contribution in [3.63, 3.8) is 0 Å². The molecule has 4 nitrogen and oxygen atoms in total. The van der Waals surface area contributed by atoms with Crippen molar-refractivity contribution in [2.45, 2.75) is 25.3 Å². The summed E-state index contributed by atoms with van der Waals surface area (Å²) in [5.41, 5.74) is 1.72. The molecule has 0 radical (unpaired) electrons. The fourth-order valence-corrected chi connectivity index (χ4v) is 4.17. The van der Waals surface area contributed by atoms with Gasteiger partial charge in [-0.1, -0.05) is 36.4 Å². The largest absolute Gasteiger partial charge is 0.325 e. The number of aryl methyl sites for hydroxylation is 2. The van der Waals surface area contributed by atoms with E-state index in [-0.39, 0.29) is 11.7 Å². The Hall–Kier alpha value is -1.63. The lowest BCUT2D eigenvalue weighted by atomic mass is 10.2. The Balaban J connectivity index is 1.70. The summed E-state index contributed by atoms with van der Waals surface area (Å²) in [6.45, 7) is 4.05. The third-order valence-electron chi connectivity index (χ3n) is 3.51. The van der Waals surface area contributed by atoms with Gasteiger partial charge in [0, 0.05) is 21.0 Å². The van der Waals surface area contributed by atoms with E-state index < -0.39 is 0 Å². The number of halogens is 1. The summed E-state index contributed by atoms with van der Waals surface area (Å²) in [6, 6.07) is 7.56. The average molecular weight is 378 g/mol. The molecule has 1 amide bonds. The summed E-state index contributed by atoms with van der Waals surface area (Å²) in [4.78, 5) is 23.1. The number of carbonyl (C=O) groups is 1. The zero-order valence-electron chi connectivity index (χ0n) is 13.3. The van der Waals surface area contributed by atoms with Gasteiger partial charge in [0.1, 0.15) is 16.2 Å². The molecule has 3 rings (SSSR count). The Morgan fingerprint density at radius 3 is 2.96 bits per heavy atom.